The fourth-order valence-electron chi connectivity index (χ4n) is 1.63. The lowest BCUT2D eigenvalue weighted by Crippen LogP contribution is -2.18. The first kappa shape index (κ1) is 15.3. The zero-order chi connectivity index (χ0) is 14.6. The number of halogens is 3. The fourth-order valence-corrected chi connectivity index (χ4v) is 1.63. The summed E-state index contributed by atoms with van der Waals surface area (Å²) < 4.78 is 37.8. The molecular formula is C13H16F3NO2. The standard InChI is InChI=1S/C13H16F3NO2/c1-8-3-5-10(13(14,15)16)7-11(8)17-9(2)4-6-12(18)19/h3,5,7,9,17H,4,6H2,1-2H3,(H,18,19). The first-order valence-corrected chi connectivity index (χ1v) is 5.86. The fraction of sp³-hybridized carbons (Fsp3) is 0.462. The molecule has 2 N–H and O–H groups in total. The molecule has 0 heterocycles. The van der Waals surface area contributed by atoms with E-state index in [1.807, 2.05) is 0 Å². The molecule has 0 radical (unpaired) electrons. The van der Waals surface area contributed by atoms with E-state index in [9.17, 15) is 18.0 Å². The van der Waals surface area contributed by atoms with Crippen molar-refractivity contribution in [2.24, 2.45) is 0 Å². The normalized spacial score (nSPS) is 13.1. The van der Waals surface area contributed by atoms with Crippen LogP contribution in [0, 0.1) is 6.92 Å². The molecule has 0 aliphatic carbocycles. The van der Waals surface area contributed by atoms with Gasteiger partial charge in [-0.1, -0.05) is 6.07 Å². The second-order valence-electron chi connectivity index (χ2n) is 4.51. The van der Waals surface area contributed by atoms with Gasteiger partial charge in [0.25, 0.3) is 0 Å². The van der Waals surface area contributed by atoms with Crippen LogP contribution in [0.3, 0.4) is 0 Å². The second kappa shape index (κ2) is 5.95. The van der Waals surface area contributed by atoms with Crippen LogP contribution in [-0.2, 0) is 11.0 Å². The van der Waals surface area contributed by atoms with Crippen molar-refractivity contribution < 1.29 is 23.1 Å². The van der Waals surface area contributed by atoms with Crippen LogP contribution in [0.1, 0.15) is 30.9 Å². The van der Waals surface area contributed by atoms with Crippen molar-refractivity contribution in [1.82, 2.24) is 0 Å². The van der Waals surface area contributed by atoms with Gasteiger partial charge in [0.1, 0.15) is 0 Å². The SMILES string of the molecule is Cc1ccc(C(F)(F)F)cc1NC(C)CCC(=O)O. The predicted molar refractivity (Wildman–Crippen MR) is 66.1 cm³/mol. The molecule has 1 aromatic rings. The molecule has 0 amide bonds. The van der Waals surface area contributed by atoms with E-state index in [4.69, 9.17) is 5.11 Å². The highest BCUT2D eigenvalue weighted by molar-refractivity contribution is 5.66. The van der Waals surface area contributed by atoms with Crippen molar-refractivity contribution in [2.45, 2.75) is 38.9 Å². The number of alkyl halides is 3. The van der Waals surface area contributed by atoms with E-state index >= 15 is 0 Å². The third-order valence-corrected chi connectivity index (χ3v) is 2.76. The number of aryl methyl sites for hydroxylation is 1. The monoisotopic (exact) mass is 275 g/mol. The number of aliphatic carboxylic acids is 1. The molecule has 0 spiro atoms. The summed E-state index contributed by atoms with van der Waals surface area (Å²) in [5.41, 5.74) is 0.355. The average molecular weight is 275 g/mol. The van der Waals surface area contributed by atoms with Crippen molar-refractivity contribution in [2.75, 3.05) is 5.32 Å². The summed E-state index contributed by atoms with van der Waals surface area (Å²) in [5.74, 6) is -0.922. The minimum atomic E-state index is -4.38. The smallest absolute Gasteiger partial charge is 0.416 e. The number of hydrogen-bond acceptors (Lipinski definition) is 2. The van der Waals surface area contributed by atoms with Gasteiger partial charge >= 0.3 is 12.1 Å². The highest BCUT2D eigenvalue weighted by atomic mass is 19.4. The van der Waals surface area contributed by atoms with E-state index in [1.54, 1.807) is 13.8 Å². The van der Waals surface area contributed by atoms with Crippen LogP contribution in [-0.4, -0.2) is 17.1 Å². The third kappa shape index (κ3) is 4.81. The molecule has 0 aliphatic heterocycles. The Morgan fingerprint density at radius 2 is 2.05 bits per heavy atom. The zero-order valence-corrected chi connectivity index (χ0v) is 10.7. The molecule has 0 fully saturated rings. The summed E-state index contributed by atoms with van der Waals surface area (Å²) in [5, 5.41) is 11.5. The molecule has 1 unspecified atom stereocenters. The summed E-state index contributed by atoms with van der Waals surface area (Å²) >= 11 is 0. The van der Waals surface area contributed by atoms with Crippen LogP contribution in [0.15, 0.2) is 18.2 Å². The topological polar surface area (TPSA) is 49.3 Å². The molecular weight excluding hydrogens is 259 g/mol. The predicted octanol–water partition coefficient (Wildman–Crippen LogP) is 3.68. The van der Waals surface area contributed by atoms with Gasteiger partial charge in [0.05, 0.1) is 5.56 Å². The van der Waals surface area contributed by atoms with Gasteiger partial charge in [-0.25, -0.2) is 0 Å². The zero-order valence-electron chi connectivity index (χ0n) is 10.7. The Bertz CT molecular complexity index is 458. The van der Waals surface area contributed by atoms with Crippen LogP contribution in [0.2, 0.25) is 0 Å². The Morgan fingerprint density at radius 1 is 1.42 bits per heavy atom. The number of benzene rings is 1. The summed E-state index contributed by atoms with van der Waals surface area (Å²) in [7, 11) is 0. The Kier molecular flexibility index (Phi) is 4.80. The van der Waals surface area contributed by atoms with Gasteiger partial charge in [-0.05, 0) is 38.0 Å². The summed E-state index contributed by atoms with van der Waals surface area (Å²) in [6, 6.07) is 3.27. The Labute approximate surface area is 109 Å². The van der Waals surface area contributed by atoms with E-state index in [0.29, 0.717) is 17.7 Å². The molecule has 0 saturated heterocycles. The van der Waals surface area contributed by atoms with Crippen molar-refractivity contribution >= 4 is 11.7 Å². The van der Waals surface area contributed by atoms with Crippen molar-refractivity contribution in [3.8, 4) is 0 Å². The lowest BCUT2D eigenvalue weighted by molar-refractivity contribution is -0.138. The van der Waals surface area contributed by atoms with Gasteiger partial charge in [0.15, 0.2) is 0 Å². The highest BCUT2D eigenvalue weighted by Gasteiger charge is 2.30. The van der Waals surface area contributed by atoms with E-state index in [1.165, 1.54) is 6.07 Å². The van der Waals surface area contributed by atoms with Crippen LogP contribution in [0.4, 0.5) is 18.9 Å². The van der Waals surface area contributed by atoms with Crippen LogP contribution in [0.25, 0.3) is 0 Å². The molecule has 106 valence electrons. The molecule has 0 bridgehead atoms. The van der Waals surface area contributed by atoms with Crippen molar-refractivity contribution in [1.29, 1.82) is 0 Å². The summed E-state index contributed by atoms with van der Waals surface area (Å²) in [6.07, 6.45) is -4.05. The molecule has 6 heteroatoms. The molecule has 3 nitrogen and oxygen atoms in total. The first-order chi connectivity index (χ1) is 8.70. The first-order valence-electron chi connectivity index (χ1n) is 5.86. The van der Waals surface area contributed by atoms with Crippen LogP contribution < -0.4 is 5.32 Å². The lowest BCUT2D eigenvalue weighted by Gasteiger charge is -2.18. The molecule has 0 aromatic heterocycles. The van der Waals surface area contributed by atoms with E-state index in [-0.39, 0.29) is 12.5 Å². The Hall–Kier alpha value is -1.72. The molecule has 0 aliphatic rings. The number of hydrogen-bond donors (Lipinski definition) is 2. The molecule has 19 heavy (non-hydrogen) atoms. The van der Waals surface area contributed by atoms with E-state index < -0.39 is 17.7 Å². The Balaban J connectivity index is 2.80. The molecule has 1 atom stereocenters. The van der Waals surface area contributed by atoms with Gasteiger partial charge in [-0.3, -0.25) is 4.79 Å². The number of rotatable bonds is 5. The lowest BCUT2D eigenvalue weighted by atomic mass is 10.1. The maximum absolute atomic E-state index is 12.6. The quantitative estimate of drug-likeness (QED) is 0.861. The van der Waals surface area contributed by atoms with Crippen molar-refractivity contribution in [3.05, 3.63) is 29.3 Å². The van der Waals surface area contributed by atoms with E-state index in [2.05, 4.69) is 5.32 Å². The second-order valence-corrected chi connectivity index (χ2v) is 4.51. The number of anilines is 1. The van der Waals surface area contributed by atoms with Gasteiger partial charge < -0.3 is 10.4 Å². The summed E-state index contributed by atoms with van der Waals surface area (Å²) in [4.78, 5) is 10.4. The van der Waals surface area contributed by atoms with Gasteiger partial charge in [0, 0.05) is 18.2 Å². The molecule has 1 rings (SSSR count). The molecule has 0 saturated carbocycles. The number of carboxylic acid groups (broad SMARTS) is 1. The average Bonchev–Trinajstić information content (AvgIpc) is 2.28. The number of carbonyl (C=O) groups is 1. The van der Waals surface area contributed by atoms with Gasteiger partial charge in [-0.15, -0.1) is 0 Å². The van der Waals surface area contributed by atoms with Crippen molar-refractivity contribution in [3.63, 3.8) is 0 Å². The summed E-state index contributed by atoms with van der Waals surface area (Å²) in [6.45, 7) is 3.44. The molecule has 1 aromatic carbocycles. The van der Waals surface area contributed by atoms with Gasteiger partial charge in [-0.2, -0.15) is 13.2 Å². The largest absolute Gasteiger partial charge is 0.481 e. The van der Waals surface area contributed by atoms with Crippen LogP contribution in [0.5, 0.6) is 0 Å². The number of carboxylic acids is 1. The minimum Gasteiger partial charge on any atom is -0.481 e. The van der Waals surface area contributed by atoms with Gasteiger partial charge in [0.2, 0.25) is 0 Å². The number of nitrogens with one attached hydrogen (secondary N) is 1. The highest BCUT2D eigenvalue weighted by Crippen LogP contribution is 2.32. The van der Waals surface area contributed by atoms with E-state index in [0.717, 1.165) is 12.1 Å². The maximum Gasteiger partial charge on any atom is 0.416 e. The van der Waals surface area contributed by atoms with Crippen LogP contribution >= 0.6 is 0 Å². The third-order valence-electron chi connectivity index (χ3n) is 2.76. The Morgan fingerprint density at radius 3 is 2.58 bits per heavy atom. The minimum absolute atomic E-state index is 0.0217. The maximum atomic E-state index is 12.6.